The van der Waals surface area contributed by atoms with Gasteiger partial charge in [0.1, 0.15) is 5.01 Å². The molecule has 2 amide bonds. The van der Waals surface area contributed by atoms with Gasteiger partial charge in [0, 0.05) is 13.7 Å². The fraction of sp³-hybridized carbons (Fsp3) is 0.529. The zero-order valence-electron chi connectivity index (χ0n) is 13.8. The molecule has 1 N–H and O–H groups in total. The molecule has 1 aromatic heterocycles. The second-order valence-electron chi connectivity index (χ2n) is 6.10. The summed E-state index contributed by atoms with van der Waals surface area (Å²) >= 11 is 1.64. The van der Waals surface area contributed by atoms with Crippen LogP contribution in [0.5, 0.6) is 0 Å². The summed E-state index contributed by atoms with van der Waals surface area (Å²) in [6.45, 7) is 4.81. The van der Waals surface area contributed by atoms with E-state index >= 15 is 0 Å². The van der Waals surface area contributed by atoms with Crippen LogP contribution in [0.4, 0.5) is 4.79 Å². The van der Waals surface area contributed by atoms with Gasteiger partial charge in [0.05, 0.1) is 28.4 Å². The zero-order chi connectivity index (χ0) is 16.4. The topological polar surface area (TPSA) is 54.5 Å². The van der Waals surface area contributed by atoms with Crippen molar-refractivity contribution in [2.24, 2.45) is 0 Å². The fourth-order valence-corrected chi connectivity index (χ4v) is 3.86. The Labute approximate surface area is 140 Å². The number of nitrogens with one attached hydrogen (secondary N) is 1. The largest absolute Gasteiger partial charge is 0.376 e. The van der Waals surface area contributed by atoms with Crippen LogP contribution in [-0.4, -0.2) is 41.7 Å². The third kappa shape index (κ3) is 3.48. The quantitative estimate of drug-likeness (QED) is 0.930. The Hall–Kier alpha value is -1.66. The second-order valence-corrected chi connectivity index (χ2v) is 7.16. The molecule has 1 aromatic carbocycles. The van der Waals surface area contributed by atoms with Crippen molar-refractivity contribution in [3.05, 3.63) is 29.3 Å². The van der Waals surface area contributed by atoms with Crippen molar-refractivity contribution in [2.75, 3.05) is 13.7 Å². The van der Waals surface area contributed by atoms with Crippen LogP contribution in [0.15, 0.2) is 24.3 Å². The van der Waals surface area contributed by atoms with E-state index in [-0.39, 0.29) is 24.2 Å². The van der Waals surface area contributed by atoms with E-state index in [1.807, 2.05) is 39.1 Å². The van der Waals surface area contributed by atoms with Gasteiger partial charge in [0.25, 0.3) is 0 Å². The zero-order valence-corrected chi connectivity index (χ0v) is 14.6. The molecule has 6 heteroatoms. The van der Waals surface area contributed by atoms with E-state index in [0.29, 0.717) is 0 Å². The van der Waals surface area contributed by atoms with Crippen LogP contribution in [0.1, 0.15) is 37.7 Å². The molecule has 0 spiro atoms. The van der Waals surface area contributed by atoms with Crippen molar-refractivity contribution < 1.29 is 9.53 Å². The smallest absolute Gasteiger partial charge is 0.318 e. The Morgan fingerprint density at radius 3 is 2.91 bits per heavy atom. The Morgan fingerprint density at radius 1 is 1.43 bits per heavy atom. The predicted molar refractivity (Wildman–Crippen MR) is 92.8 cm³/mol. The molecular formula is C17H23N3O2S. The number of hydrogen-bond acceptors (Lipinski definition) is 4. The first-order chi connectivity index (χ1) is 11.1. The van der Waals surface area contributed by atoms with Crippen LogP contribution in [-0.2, 0) is 4.74 Å². The molecule has 0 radical (unpaired) electrons. The third-order valence-electron chi connectivity index (χ3n) is 4.44. The average molecular weight is 333 g/mol. The first kappa shape index (κ1) is 16.2. The molecule has 1 aliphatic heterocycles. The number of thiazole rings is 1. The normalized spacial score (nSPS) is 20.4. The standard InChI is InChI=1S/C17H23N3O2S/c1-11(14-8-6-10-22-14)18-17(21)20(3)12(2)16-19-13-7-4-5-9-15(13)23-16/h4-5,7,9,11-12,14H,6,8,10H2,1-3H3,(H,18,21)/t11-,12-,14+/m0/s1. The maximum atomic E-state index is 12.5. The number of rotatable bonds is 4. The number of benzene rings is 1. The summed E-state index contributed by atoms with van der Waals surface area (Å²) < 4.78 is 6.79. The molecule has 2 aromatic rings. The molecule has 1 fully saturated rings. The molecule has 3 atom stereocenters. The molecule has 0 unspecified atom stereocenters. The summed E-state index contributed by atoms with van der Waals surface area (Å²) in [5.74, 6) is 0. The Bertz CT molecular complexity index is 648. The molecule has 124 valence electrons. The molecule has 1 aliphatic rings. The number of carbonyl (C=O) groups excluding carboxylic acids is 1. The van der Waals surface area contributed by atoms with Gasteiger partial charge in [0.15, 0.2) is 0 Å². The summed E-state index contributed by atoms with van der Waals surface area (Å²) in [5, 5.41) is 4.00. The van der Waals surface area contributed by atoms with E-state index < -0.39 is 0 Å². The Morgan fingerprint density at radius 2 is 2.22 bits per heavy atom. The predicted octanol–water partition coefficient (Wildman–Crippen LogP) is 3.57. The van der Waals surface area contributed by atoms with Gasteiger partial charge in [-0.15, -0.1) is 11.3 Å². The summed E-state index contributed by atoms with van der Waals surface area (Å²) in [7, 11) is 1.81. The van der Waals surface area contributed by atoms with E-state index in [4.69, 9.17) is 4.74 Å². The van der Waals surface area contributed by atoms with Crippen molar-refractivity contribution in [2.45, 2.75) is 44.9 Å². The third-order valence-corrected chi connectivity index (χ3v) is 5.65. The molecule has 3 rings (SSSR count). The maximum absolute atomic E-state index is 12.5. The van der Waals surface area contributed by atoms with E-state index in [2.05, 4.69) is 16.4 Å². The maximum Gasteiger partial charge on any atom is 0.318 e. The summed E-state index contributed by atoms with van der Waals surface area (Å²) in [4.78, 5) is 18.8. The highest BCUT2D eigenvalue weighted by Gasteiger charge is 2.27. The number of aromatic nitrogens is 1. The minimum absolute atomic E-state index is 0.0232. The van der Waals surface area contributed by atoms with Crippen LogP contribution < -0.4 is 5.32 Å². The highest BCUT2D eigenvalue weighted by atomic mass is 32.1. The number of fused-ring (bicyclic) bond motifs is 1. The average Bonchev–Trinajstić information content (AvgIpc) is 3.22. The minimum Gasteiger partial charge on any atom is -0.376 e. The van der Waals surface area contributed by atoms with Crippen molar-refractivity contribution in [3.63, 3.8) is 0 Å². The van der Waals surface area contributed by atoms with Crippen LogP contribution in [0.2, 0.25) is 0 Å². The minimum atomic E-state index is -0.0836. The number of hydrogen-bond donors (Lipinski definition) is 1. The monoisotopic (exact) mass is 333 g/mol. The van der Waals surface area contributed by atoms with Gasteiger partial charge in [-0.1, -0.05) is 12.1 Å². The summed E-state index contributed by atoms with van der Waals surface area (Å²) in [6, 6.07) is 7.92. The second kappa shape index (κ2) is 6.84. The molecule has 0 aliphatic carbocycles. The fourth-order valence-electron chi connectivity index (χ4n) is 2.80. The summed E-state index contributed by atoms with van der Waals surface area (Å²) in [5.41, 5.74) is 0.987. The molecule has 23 heavy (non-hydrogen) atoms. The van der Waals surface area contributed by atoms with Crippen molar-refractivity contribution in [3.8, 4) is 0 Å². The lowest BCUT2D eigenvalue weighted by Gasteiger charge is -2.27. The Balaban J connectivity index is 1.65. The lowest BCUT2D eigenvalue weighted by atomic mass is 10.1. The molecule has 0 saturated carbocycles. The summed E-state index contributed by atoms with van der Waals surface area (Å²) in [6.07, 6.45) is 2.21. The van der Waals surface area contributed by atoms with Crippen molar-refractivity contribution >= 4 is 27.6 Å². The van der Waals surface area contributed by atoms with Gasteiger partial charge in [-0.05, 0) is 38.8 Å². The molecule has 5 nitrogen and oxygen atoms in total. The van der Waals surface area contributed by atoms with Crippen LogP contribution in [0.25, 0.3) is 10.2 Å². The van der Waals surface area contributed by atoms with Gasteiger partial charge in [-0.2, -0.15) is 0 Å². The van der Waals surface area contributed by atoms with Crippen molar-refractivity contribution in [1.82, 2.24) is 15.2 Å². The number of para-hydroxylation sites is 1. The van der Waals surface area contributed by atoms with E-state index in [1.54, 1.807) is 16.2 Å². The highest BCUT2D eigenvalue weighted by Crippen LogP contribution is 2.28. The number of amides is 2. The van der Waals surface area contributed by atoms with Gasteiger partial charge >= 0.3 is 6.03 Å². The van der Waals surface area contributed by atoms with Crippen molar-refractivity contribution in [1.29, 1.82) is 0 Å². The lowest BCUT2D eigenvalue weighted by molar-refractivity contribution is 0.0830. The van der Waals surface area contributed by atoms with Gasteiger partial charge in [-0.25, -0.2) is 9.78 Å². The van der Waals surface area contributed by atoms with Crippen LogP contribution in [0, 0.1) is 0 Å². The van der Waals surface area contributed by atoms with Crippen LogP contribution in [0.3, 0.4) is 0 Å². The number of ether oxygens (including phenoxy) is 1. The lowest BCUT2D eigenvalue weighted by Crippen LogP contribution is -2.47. The van der Waals surface area contributed by atoms with E-state index in [9.17, 15) is 4.79 Å². The van der Waals surface area contributed by atoms with E-state index in [1.165, 1.54) is 0 Å². The number of carbonyl (C=O) groups is 1. The number of urea groups is 1. The first-order valence-corrected chi connectivity index (χ1v) is 8.88. The number of nitrogens with zero attached hydrogens (tertiary/aromatic N) is 2. The molecule has 0 bridgehead atoms. The van der Waals surface area contributed by atoms with E-state index in [0.717, 1.165) is 34.7 Å². The van der Waals surface area contributed by atoms with Gasteiger partial charge < -0.3 is 15.0 Å². The first-order valence-electron chi connectivity index (χ1n) is 8.06. The van der Waals surface area contributed by atoms with Crippen LogP contribution >= 0.6 is 11.3 Å². The highest BCUT2D eigenvalue weighted by molar-refractivity contribution is 7.18. The molecule has 1 saturated heterocycles. The Kier molecular flexibility index (Phi) is 4.82. The van der Waals surface area contributed by atoms with Gasteiger partial charge in [0.2, 0.25) is 0 Å². The molecule has 2 heterocycles. The SMILES string of the molecule is C[C@H](NC(=O)N(C)[C@@H](C)c1nc2ccccc2s1)[C@H]1CCCO1. The molecular weight excluding hydrogens is 310 g/mol. The van der Waals surface area contributed by atoms with Gasteiger partial charge in [-0.3, -0.25) is 0 Å².